The van der Waals surface area contributed by atoms with E-state index in [-0.39, 0.29) is 11.6 Å². The third-order valence-electron chi connectivity index (χ3n) is 1.75. The minimum Gasteiger partial charge on any atom is -0.391 e. The van der Waals surface area contributed by atoms with E-state index in [2.05, 4.69) is 10.1 Å². The second kappa shape index (κ2) is 11.6. The molecule has 0 saturated carbocycles. The van der Waals surface area contributed by atoms with Crippen molar-refractivity contribution in [3.05, 3.63) is 0 Å². The number of hydrogen-bond acceptors (Lipinski definition) is 5. The predicted octanol–water partition coefficient (Wildman–Crippen LogP) is 0.547. The standard InChI is InChI=1S/C7H15NO3.C3H6NOP/c1-3-6(5(2)10)8-7(11)4-9;1-3(5)6-4-2/h5-6,9-10H,3-4H2,1-2H3,(H,8,11);1-2H3. The van der Waals surface area contributed by atoms with Crippen LogP contribution < -0.4 is 5.32 Å². The molecule has 0 aromatic carbocycles. The van der Waals surface area contributed by atoms with Gasteiger partial charge >= 0.3 is 0 Å². The summed E-state index contributed by atoms with van der Waals surface area (Å²) in [7, 11) is 2.18. The first-order valence-electron chi connectivity index (χ1n) is 5.27. The van der Waals surface area contributed by atoms with E-state index >= 15 is 0 Å². The maximum Gasteiger partial charge on any atom is 0.246 e. The van der Waals surface area contributed by atoms with Gasteiger partial charge < -0.3 is 15.5 Å². The molecule has 3 N–H and O–H groups in total. The minimum absolute atomic E-state index is 0.0949. The normalized spacial score (nSPS) is 13.5. The largest absolute Gasteiger partial charge is 0.391 e. The van der Waals surface area contributed by atoms with E-state index in [0.717, 1.165) is 0 Å². The van der Waals surface area contributed by atoms with Crippen molar-refractivity contribution in [2.24, 2.45) is 4.74 Å². The molecule has 0 spiro atoms. The van der Waals surface area contributed by atoms with Crippen LogP contribution in [-0.4, -0.2) is 47.4 Å². The molecule has 0 aliphatic heterocycles. The van der Waals surface area contributed by atoms with Crippen LogP contribution in [0.5, 0.6) is 0 Å². The molecule has 17 heavy (non-hydrogen) atoms. The van der Waals surface area contributed by atoms with Gasteiger partial charge in [-0.3, -0.25) is 14.3 Å². The summed E-state index contributed by atoms with van der Waals surface area (Å²) in [5.74, 6) is -0.447. The van der Waals surface area contributed by atoms with Gasteiger partial charge in [0.2, 0.25) is 5.91 Å². The highest BCUT2D eigenvalue weighted by atomic mass is 31.1. The van der Waals surface area contributed by atoms with Crippen molar-refractivity contribution >= 4 is 19.8 Å². The fourth-order valence-electron chi connectivity index (χ4n) is 0.957. The summed E-state index contributed by atoms with van der Waals surface area (Å²) in [5, 5.41) is 19.9. The van der Waals surface area contributed by atoms with E-state index in [0.29, 0.717) is 14.8 Å². The van der Waals surface area contributed by atoms with Crippen molar-refractivity contribution in [2.75, 3.05) is 13.7 Å². The van der Waals surface area contributed by atoms with Crippen LogP contribution >= 0.6 is 8.37 Å². The van der Waals surface area contributed by atoms with Gasteiger partial charge in [0.15, 0.2) is 5.52 Å². The molecule has 0 bridgehead atoms. The maximum atomic E-state index is 10.6. The molecule has 0 aliphatic rings. The monoisotopic (exact) mass is 264 g/mol. The Labute approximate surface area is 103 Å². The molecule has 7 heteroatoms. The van der Waals surface area contributed by atoms with Crippen molar-refractivity contribution in [3.8, 4) is 0 Å². The van der Waals surface area contributed by atoms with Gasteiger partial charge in [-0.15, -0.1) is 0 Å². The predicted molar refractivity (Wildman–Crippen MR) is 66.9 cm³/mol. The van der Waals surface area contributed by atoms with Crippen LogP contribution in [0.15, 0.2) is 4.74 Å². The van der Waals surface area contributed by atoms with Crippen LogP contribution in [0.4, 0.5) is 0 Å². The Morgan fingerprint density at radius 1 is 1.47 bits per heavy atom. The fourth-order valence-corrected chi connectivity index (χ4v) is 1.24. The molecule has 0 aromatic heterocycles. The summed E-state index contributed by atoms with van der Waals surface area (Å²) in [6.45, 7) is 4.44. The van der Waals surface area contributed by atoms with Gasteiger partial charge in [-0.25, -0.2) is 0 Å². The van der Waals surface area contributed by atoms with Crippen LogP contribution in [0, 0.1) is 0 Å². The van der Waals surface area contributed by atoms with Gasteiger partial charge in [-0.05, 0) is 13.3 Å². The van der Waals surface area contributed by atoms with Crippen molar-refractivity contribution < 1.29 is 19.8 Å². The first-order valence-corrected chi connectivity index (χ1v) is 6.12. The zero-order chi connectivity index (χ0) is 13.8. The summed E-state index contributed by atoms with van der Waals surface area (Å²) in [6, 6.07) is -0.255. The Hall–Kier alpha value is -0.840. The molecule has 6 nitrogen and oxygen atoms in total. The highest BCUT2D eigenvalue weighted by molar-refractivity contribution is 7.48. The number of aliphatic hydroxyl groups excluding tert-OH is 2. The molecule has 2 unspecified atom stereocenters. The Bertz CT molecular complexity index is 257. The third-order valence-corrected chi connectivity index (χ3v) is 2.23. The van der Waals surface area contributed by atoms with Crippen LogP contribution in [0.25, 0.3) is 0 Å². The molecule has 1 amide bonds. The topological polar surface area (TPSA) is 99.0 Å². The second-order valence-corrected chi connectivity index (χ2v) is 4.53. The van der Waals surface area contributed by atoms with E-state index < -0.39 is 18.6 Å². The quantitative estimate of drug-likeness (QED) is 0.631. The highest BCUT2D eigenvalue weighted by Crippen LogP contribution is 1.96. The van der Waals surface area contributed by atoms with E-state index in [1.807, 2.05) is 6.92 Å². The molecule has 0 radical (unpaired) electrons. The molecule has 0 saturated heterocycles. The van der Waals surface area contributed by atoms with E-state index in [1.165, 1.54) is 6.92 Å². The number of carbonyl (C=O) groups excluding carboxylic acids is 2. The van der Waals surface area contributed by atoms with Crippen molar-refractivity contribution in [2.45, 2.75) is 39.3 Å². The van der Waals surface area contributed by atoms with Gasteiger partial charge in [0.25, 0.3) is 0 Å². The summed E-state index contributed by atoms with van der Waals surface area (Å²) in [5.41, 5.74) is 0.0949. The molecule has 100 valence electrons. The first kappa shape index (κ1) is 18.5. The number of carbonyl (C=O) groups is 2. The van der Waals surface area contributed by atoms with Gasteiger partial charge in [-0.2, -0.15) is 0 Å². The molecule has 0 aromatic rings. The number of amides is 1. The molecular formula is C10H21N2O4P. The number of hydrogen-bond donors (Lipinski definition) is 3. The molecule has 0 heterocycles. The zero-order valence-electron chi connectivity index (χ0n) is 10.7. The van der Waals surface area contributed by atoms with E-state index in [9.17, 15) is 9.59 Å². The third kappa shape index (κ3) is 13.1. The Morgan fingerprint density at radius 2 is 2.00 bits per heavy atom. The first-order chi connectivity index (χ1) is 7.88. The molecule has 0 fully saturated rings. The van der Waals surface area contributed by atoms with Gasteiger partial charge in [0.1, 0.15) is 6.61 Å². The Morgan fingerprint density at radius 3 is 2.18 bits per heavy atom. The number of rotatable bonds is 5. The second-order valence-electron chi connectivity index (χ2n) is 3.30. The van der Waals surface area contributed by atoms with Crippen LogP contribution in [0.3, 0.4) is 0 Å². The number of nitrogens with one attached hydrogen (secondary N) is 1. The van der Waals surface area contributed by atoms with Crippen LogP contribution in [-0.2, 0) is 9.59 Å². The van der Waals surface area contributed by atoms with Crippen LogP contribution in [0.2, 0.25) is 0 Å². The molecule has 0 rings (SSSR count). The highest BCUT2D eigenvalue weighted by Gasteiger charge is 2.13. The lowest BCUT2D eigenvalue weighted by Gasteiger charge is -2.18. The summed E-state index contributed by atoms with van der Waals surface area (Å²) >= 11 is 0. The van der Waals surface area contributed by atoms with Gasteiger partial charge in [-0.1, -0.05) is 6.92 Å². The average Bonchev–Trinajstić information content (AvgIpc) is 2.25. The summed E-state index contributed by atoms with van der Waals surface area (Å²) < 4.78 is 3.56. The fraction of sp³-hybridized carbons (Fsp3) is 0.800. The average molecular weight is 264 g/mol. The summed E-state index contributed by atoms with van der Waals surface area (Å²) in [4.78, 5) is 20.6. The lowest BCUT2D eigenvalue weighted by Crippen LogP contribution is -2.42. The molecule has 2 atom stereocenters. The maximum absolute atomic E-state index is 10.6. The van der Waals surface area contributed by atoms with Gasteiger partial charge in [0.05, 0.1) is 20.5 Å². The molecular weight excluding hydrogens is 243 g/mol. The van der Waals surface area contributed by atoms with Crippen molar-refractivity contribution in [1.29, 1.82) is 0 Å². The Kier molecular flexibility index (Phi) is 12.7. The zero-order valence-corrected chi connectivity index (χ0v) is 11.6. The van der Waals surface area contributed by atoms with E-state index in [4.69, 9.17) is 10.2 Å². The smallest absolute Gasteiger partial charge is 0.246 e. The van der Waals surface area contributed by atoms with Crippen LogP contribution in [0.1, 0.15) is 27.2 Å². The number of nitrogens with zero attached hydrogens (tertiary/aromatic N) is 1. The lowest BCUT2D eigenvalue weighted by molar-refractivity contribution is -0.125. The SMILES string of the molecule is CCC(NC(=O)CO)C(C)O.CN=PC(C)=O. The van der Waals surface area contributed by atoms with Crippen molar-refractivity contribution in [3.63, 3.8) is 0 Å². The number of aliphatic hydroxyl groups is 2. The van der Waals surface area contributed by atoms with E-state index in [1.54, 1.807) is 14.0 Å². The summed E-state index contributed by atoms with van der Waals surface area (Å²) in [6.07, 6.45) is 0.0825. The van der Waals surface area contributed by atoms with Crippen molar-refractivity contribution in [1.82, 2.24) is 5.32 Å². The lowest BCUT2D eigenvalue weighted by atomic mass is 10.1. The Balaban J connectivity index is 0. The minimum atomic E-state index is -0.574. The van der Waals surface area contributed by atoms with Gasteiger partial charge in [0, 0.05) is 14.0 Å². The molecule has 0 aliphatic carbocycles.